The third-order valence-corrected chi connectivity index (χ3v) is 3.75. The van der Waals surface area contributed by atoms with Crippen LogP contribution in [0.2, 0.25) is 0 Å². The normalized spacial score (nSPS) is 15.8. The summed E-state index contributed by atoms with van der Waals surface area (Å²) in [5.41, 5.74) is 4.84. The molecule has 0 amide bonds. The number of aromatic nitrogens is 1. The lowest BCUT2D eigenvalue weighted by Crippen LogP contribution is -2.34. The first-order chi connectivity index (χ1) is 7.37. The Morgan fingerprint density at radius 2 is 1.50 bits per heavy atom. The lowest BCUT2D eigenvalue weighted by atomic mass is 10.1. The second kappa shape index (κ2) is 3.17. The minimum Gasteiger partial charge on any atom is -0.334 e. The van der Waals surface area contributed by atoms with Gasteiger partial charge in [-0.05, 0) is 19.4 Å². The van der Waals surface area contributed by atoms with Gasteiger partial charge in [-0.1, -0.05) is 13.2 Å². The second-order valence-corrected chi connectivity index (χ2v) is 4.45. The van der Waals surface area contributed by atoms with Crippen LogP contribution in [0.5, 0.6) is 0 Å². The van der Waals surface area contributed by atoms with E-state index in [0.29, 0.717) is 0 Å². The molecule has 0 saturated heterocycles. The predicted octanol–water partition coefficient (Wildman–Crippen LogP) is 2.47. The van der Waals surface area contributed by atoms with Crippen molar-refractivity contribution >= 4 is 11.5 Å². The molecule has 2 heterocycles. The minimum atomic E-state index is 0.957. The minimum absolute atomic E-state index is 0.957. The van der Waals surface area contributed by atoms with Crippen LogP contribution in [-0.2, 0) is 7.05 Å². The molecule has 0 aromatic carbocycles. The molecule has 1 aliphatic rings. The molecule has 0 fully saturated rings. The van der Waals surface area contributed by atoms with Gasteiger partial charge in [0.1, 0.15) is 11.6 Å². The summed E-state index contributed by atoms with van der Waals surface area (Å²) in [6.07, 6.45) is 0. The first-order valence-electron chi connectivity index (χ1n) is 5.39. The van der Waals surface area contributed by atoms with E-state index in [1.807, 2.05) is 19.0 Å². The highest BCUT2D eigenvalue weighted by Gasteiger charge is 2.29. The number of hydrogen-bond acceptors (Lipinski definition) is 2. The van der Waals surface area contributed by atoms with Gasteiger partial charge in [-0.15, -0.1) is 0 Å². The van der Waals surface area contributed by atoms with Gasteiger partial charge in [-0.2, -0.15) is 0 Å². The summed E-state index contributed by atoms with van der Waals surface area (Å²) in [5, 5.41) is 0. The quantitative estimate of drug-likeness (QED) is 0.661. The van der Waals surface area contributed by atoms with E-state index in [1.165, 1.54) is 22.6 Å². The van der Waals surface area contributed by atoms with E-state index in [1.54, 1.807) is 0 Å². The molecular weight excluding hydrogens is 198 g/mol. The van der Waals surface area contributed by atoms with Gasteiger partial charge >= 0.3 is 0 Å². The van der Waals surface area contributed by atoms with Gasteiger partial charge < -0.3 is 14.4 Å². The maximum absolute atomic E-state index is 4.16. The van der Waals surface area contributed by atoms with Crippen molar-refractivity contribution in [2.24, 2.45) is 7.05 Å². The Balaban J connectivity index is 2.78. The van der Waals surface area contributed by atoms with Gasteiger partial charge in [0.25, 0.3) is 0 Å². The molecule has 86 valence electrons. The molecule has 3 heteroatoms. The zero-order valence-electron chi connectivity index (χ0n) is 10.8. The van der Waals surface area contributed by atoms with Crippen LogP contribution in [0.1, 0.15) is 16.8 Å². The van der Waals surface area contributed by atoms with Crippen LogP contribution in [0.15, 0.2) is 19.0 Å². The smallest absolute Gasteiger partial charge is 0.123 e. The van der Waals surface area contributed by atoms with E-state index in [9.17, 15) is 0 Å². The molecule has 0 aliphatic carbocycles. The Morgan fingerprint density at radius 3 is 2.06 bits per heavy atom. The molecule has 1 aromatic heterocycles. The molecular formula is C13H19N3. The highest BCUT2D eigenvalue weighted by Crippen LogP contribution is 2.40. The monoisotopic (exact) mass is 217 g/mol. The lowest BCUT2D eigenvalue weighted by molar-refractivity contribution is 0.560. The molecule has 3 nitrogen and oxygen atoms in total. The lowest BCUT2D eigenvalue weighted by Gasteiger charge is -2.37. The first kappa shape index (κ1) is 10.9. The molecule has 1 aliphatic heterocycles. The number of hydrogen-bond donors (Lipinski definition) is 0. The third-order valence-electron chi connectivity index (χ3n) is 3.75. The van der Waals surface area contributed by atoms with E-state index < -0.39 is 0 Å². The van der Waals surface area contributed by atoms with E-state index in [0.717, 1.165) is 11.5 Å². The van der Waals surface area contributed by atoms with Crippen LogP contribution in [0, 0.1) is 13.8 Å². The topological polar surface area (TPSA) is 11.4 Å². The van der Waals surface area contributed by atoms with E-state index in [-0.39, 0.29) is 0 Å². The van der Waals surface area contributed by atoms with Crippen LogP contribution in [0.25, 0.3) is 5.70 Å². The molecule has 1 aromatic rings. The van der Waals surface area contributed by atoms with Crippen molar-refractivity contribution in [1.29, 1.82) is 0 Å². The Kier molecular flexibility index (Phi) is 2.15. The van der Waals surface area contributed by atoms with E-state index in [4.69, 9.17) is 0 Å². The summed E-state index contributed by atoms with van der Waals surface area (Å²) in [5.74, 6) is 2.14. The van der Waals surface area contributed by atoms with Gasteiger partial charge in [-0.3, -0.25) is 0 Å². The molecule has 0 unspecified atom stereocenters. The fourth-order valence-corrected chi connectivity index (χ4v) is 2.34. The number of nitrogens with zero attached hydrogens (tertiary/aromatic N) is 3. The molecule has 0 bridgehead atoms. The molecule has 0 spiro atoms. The largest absolute Gasteiger partial charge is 0.334 e. The Bertz CT molecular complexity index is 494. The zero-order valence-corrected chi connectivity index (χ0v) is 10.8. The molecule has 0 radical (unpaired) electrons. The van der Waals surface area contributed by atoms with Gasteiger partial charge in [0.15, 0.2) is 0 Å². The maximum atomic E-state index is 4.16. The van der Waals surface area contributed by atoms with Crippen LogP contribution < -0.4 is 4.90 Å². The van der Waals surface area contributed by atoms with Gasteiger partial charge in [-0.25, -0.2) is 0 Å². The molecule has 0 saturated carbocycles. The number of anilines is 1. The Hall–Kier alpha value is -1.64. The Morgan fingerprint density at radius 1 is 0.938 bits per heavy atom. The molecule has 0 atom stereocenters. The molecule has 2 rings (SSSR count). The van der Waals surface area contributed by atoms with Crippen molar-refractivity contribution in [1.82, 2.24) is 9.47 Å². The standard InChI is InChI=1S/C13H19N3/c1-8-9(2)15(6)13-12(8)10(3)14(5)11(4)16(13)7/h3-4H2,1-2,5-7H3. The van der Waals surface area contributed by atoms with Crippen LogP contribution in [0.3, 0.4) is 0 Å². The SMILES string of the molecule is C=C1c2c(C)c(C)n(C)c2N(C)C(=C)N1C. The number of rotatable bonds is 0. The van der Waals surface area contributed by atoms with Crippen molar-refractivity contribution in [2.75, 3.05) is 19.0 Å². The van der Waals surface area contributed by atoms with Crippen LogP contribution >= 0.6 is 0 Å². The highest BCUT2D eigenvalue weighted by molar-refractivity contribution is 5.82. The molecule has 16 heavy (non-hydrogen) atoms. The summed E-state index contributed by atoms with van der Waals surface area (Å²) in [7, 11) is 6.14. The predicted molar refractivity (Wildman–Crippen MR) is 69.2 cm³/mol. The average Bonchev–Trinajstić information content (AvgIpc) is 2.48. The summed E-state index contributed by atoms with van der Waals surface area (Å²) in [6.45, 7) is 12.5. The summed E-state index contributed by atoms with van der Waals surface area (Å²) < 4.78 is 2.20. The van der Waals surface area contributed by atoms with Crippen molar-refractivity contribution in [3.05, 3.63) is 35.8 Å². The van der Waals surface area contributed by atoms with E-state index >= 15 is 0 Å². The van der Waals surface area contributed by atoms with Crippen molar-refractivity contribution in [3.8, 4) is 0 Å². The summed E-state index contributed by atoms with van der Waals surface area (Å²) in [4.78, 5) is 4.15. The Labute approximate surface area is 97.3 Å². The first-order valence-corrected chi connectivity index (χ1v) is 5.39. The summed E-state index contributed by atoms with van der Waals surface area (Å²) >= 11 is 0. The van der Waals surface area contributed by atoms with Gasteiger partial charge in [0.2, 0.25) is 0 Å². The summed E-state index contributed by atoms with van der Waals surface area (Å²) in [6, 6.07) is 0. The zero-order chi connectivity index (χ0) is 12.2. The highest BCUT2D eigenvalue weighted by atomic mass is 15.4. The number of fused-ring (bicyclic) bond motifs is 1. The van der Waals surface area contributed by atoms with Gasteiger partial charge in [0.05, 0.1) is 0 Å². The van der Waals surface area contributed by atoms with Crippen LogP contribution in [-0.4, -0.2) is 23.6 Å². The van der Waals surface area contributed by atoms with Crippen molar-refractivity contribution in [3.63, 3.8) is 0 Å². The van der Waals surface area contributed by atoms with Crippen molar-refractivity contribution in [2.45, 2.75) is 13.8 Å². The van der Waals surface area contributed by atoms with E-state index in [2.05, 4.69) is 43.5 Å². The fraction of sp³-hybridized carbons (Fsp3) is 0.385. The third kappa shape index (κ3) is 1.08. The fourth-order valence-electron chi connectivity index (χ4n) is 2.34. The average molecular weight is 217 g/mol. The van der Waals surface area contributed by atoms with Gasteiger partial charge in [0, 0.05) is 38.1 Å². The second-order valence-electron chi connectivity index (χ2n) is 4.45. The maximum Gasteiger partial charge on any atom is 0.123 e. The molecule has 0 N–H and O–H groups in total. The van der Waals surface area contributed by atoms with Crippen LogP contribution in [0.4, 0.5) is 5.82 Å². The van der Waals surface area contributed by atoms with Crippen molar-refractivity contribution < 1.29 is 0 Å².